The summed E-state index contributed by atoms with van der Waals surface area (Å²) in [6.45, 7) is 4.56. The average molecular weight is 423 g/mol. The lowest BCUT2D eigenvalue weighted by atomic mass is 9.70. The Bertz CT molecular complexity index is 389. The molecule has 1 fully saturated rings. The van der Waals surface area contributed by atoms with Crippen LogP contribution in [-0.2, 0) is 4.79 Å². The second-order valence-corrected chi connectivity index (χ2v) is 10.4. The van der Waals surface area contributed by atoms with Crippen molar-refractivity contribution in [2.75, 3.05) is 0 Å². The van der Waals surface area contributed by atoms with E-state index in [0.29, 0.717) is 5.92 Å². The maximum atomic E-state index is 12.5. The molecule has 30 heavy (non-hydrogen) atoms. The number of carboxylic acids is 1. The Balaban J connectivity index is 2.51. The van der Waals surface area contributed by atoms with Crippen molar-refractivity contribution in [2.24, 2.45) is 11.3 Å². The van der Waals surface area contributed by atoms with Gasteiger partial charge in [0.25, 0.3) is 0 Å². The van der Waals surface area contributed by atoms with Crippen LogP contribution in [0.4, 0.5) is 0 Å². The van der Waals surface area contributed by atoms with Gasteiger partial charge in [0.05, 0.1) is 5.41 Å². The molecule has 1 aliphatic carbocycles. The fourth-order valence-electron chi connectivity index (χ4n) is 5.54. The highest BCUT2D eigenvalue weighted by Gasteiger charge is 2.38. The molecule has 0 amide bonds. The highest BCUT2D eigenvalue weighted by molar-refractivity contribution is 5.74. The highest BCUT2D eigenvalue weighted by atomic mass is 16.4. The van der Waals surface area contributed by atoms with E-state index in [1.165, 1.54) is 109 Å². The third-order valence-electron chi connectivity index (χ3n) is 7.74. The third kappa shape index (κ3) is 12.4. The fraction of sp³-hybridized carbons (Fsp3) is 0.964. The van der Waals surface area contributed by atoms with E-state index in [2.05, 4.69) is 13.8 Å². The molecule has 0 heterocycles. The molecule has 0 spiro atoms. The second kappa shape index (κ2) is 18.1. The van der Waals surface area contributed by atoms with Gasteiger partial charge in [0.15, 0.2) is 0 Å². The number of carboxylic acid groups (broad SMARTS) is 1. The van der Waals surface area contributed by atoms with Gasteiger partial charge in [-0.2, -0.15) is 0 Å². The number of hydrogen-bond acceptors (Lipinski definition) is 1. The smallest absolute Gasteiger partial charge is 0.309 e. The molecule has 1 saturated carbocycles. The lowest BCUT2D eigenvalue weighted by Crippen LogP contribution is -2.33. The van der Waals surface area contributed by atoms with Crippen molar-refractivity contribution in [3.05, 3.63) is 0 Å². The number of rotatable bonds is 13. The molecule has 0 bridgehead atoms. The zero-order valence-corrected chi connectivity index (χ0v) is 20.7. The summed E-state index contributed by atoms with van der Waals surface area (Å²) in [4.78, 5) is 12.5. The van der Waals surface area contributed by atoms with Crippen LogP contribution < -0.4 is 0 Å². The summed E-state index contributed by atoms with van der Waals surface area (Å²) in [6.07, 6.45) is 28.7. The van der Waals surface area contributed by atoms with Gasteiger partial charge in [0.1, 0.15) is 0 Å². The van der Waals surface area contributed by atoms with E-state index in [9.17, 15) is 9.90 Å². The highest BCUT2D eigenvalue weighted by Crippen LogP contribution is 2.41. The first kappa shape index (κ1) is 27.5. The van der Waals surface area contributed by atoms with Crippen molar-refractivity contribution in [1.82, 2.24) is 0 Å². The van der Waals surface area contributed by atoms with E-state index in [4.69, 9.17) is 0 Å². The summed E-state index contributed by atoms with van der Waals surface area (Å²) in [7, 11) is 0. The van der Waals surface area contributed by atoms with E-state index in [0.717, 1.165) is 38.5 Å². The summed E-state index contributed by atoms with van der Waals surface area (Å²) >= 11 is 0. The molecule has 1 aliphatic rings. The van der Waals surface area contributed by atoms with Crippen molar-refractivity contribution < 1.29 is 9.90 Å². The molecule has 1 N–H and O–H groups in total. The van der Waals surface area contributed by atoms with Crippen LogP contribution in [0.5, 0.6) is 0 Å². The summed E-state index contributed by atoms with van der Waals surface area (Å²) in [6, 6.07) is 0. The Labute approximate surface area is 189 Å². The van der Waals surface area contributed by atoms with Crippen LogP contribution in [0, 0.1) is 11.3 Å². The topological polar surface area (TPSA) is 37.3 Å². The molecule has 0 saturated heterocycles. The minimum Gasteiger partial charge on any atom is -0.481 e. The number of aliphatic carboxylic acids is 1. The molecule has 1 rings (SSSR count). The Morgan fingerprint density at radius 3 is 1.57 bits per heavy atom. The van der Waals surface area contributed by atoms with E-state index >= 15 is 0 Å². The lowest BCUT2D eigenvalue weighted by molar-refractivity contribution is -0.151. The summed E-state index contributed by atoms with van der Waals surface area (Å²) < 4.78 is 0. The van der Waals surface area contributed by atoms with Crippen LogP contribution in [0.1, 0.15) is 162 Å². The summed E-state index contributed by atoms with van der Waals surface area (Å²) in [5.74, 6) is 0.101. The van der Waals surface area contributed by atoms with Crippen LogP contribution >= 0.6 is 0 Å². The van der Waals surface area contributed by atoms with Gasteiger partial charge in [-0.15, -0.1) is 0 Å². The van der Waals surface area contributed by atoms with E-state index in [-0.39, 0.29) is 0 Å². The molecule has 0 aromatic carbocycles. The molecule has 178 valence electrons. The molecule has 0 radical (unpaired) electrons. The molecule has 0 aromatic heterocycles. The van der Waals surface area contributed by atoms with Gasteiger partial charge >= 0.3 is 5.97 Å². The lowest BCUT2D eigenvalue weighted by Gasteiger charge is -2.33. The number of hydrogen-bond donors (Lipinski definition) is 1. The van der Waals surface area contributed by atoms with Crippen molar-refractivity contribution in [1.29, 1.82) is 0 Å². The van der Waals surface area contributed by atoms with E-state index in [1.807, 2.05) is 0 Å². The zero-order chi connectivity index (χ0) is 21.9. The Morgan fingerprint density at radius 2 is 1.13 bits per heavy atom. The Kier molecular flexibility index (Phi) is 16.6. The molecular weight excluding hydrogens is 368 g/mol. The van der Waals surface area contributed by atoms with Crippen LogP contribution in [0.3, 0.4) is 0 Å². The van der Waals surface area contributed by atoms with Crippen molar-refractivity contribution in [3.63, 3.8) is 0 Å². The van der Waals surface area contributed by atoms with Crippen LogP contribution in [-0.4, -0.2) is 11.1 Å². The molecule has 1 unspecified atom stereocenters. The Morgan fingerprint density at radius 1 is 0.700 bits per heavy atom. The first-order valence-corrected chi connectivity index (χ1v) is 13.9. The monoisotopic (exact) mass is 422 g/mol. The van der Waals surface area contributed by atoms with Gasteiger partial charge in [-0.1, -0.05) is 142 Å². The molecule has 0 aliphatic heterocycles. The van der Waals surface area contributed by atoms with Gasteiger partial charge < -0.3 is 5.11 Å². The minimum atomic E-state index is -0.494. The summed E-state index contributed by atoms with van der Waals surface area (Å²) in [5, 5.41) is 10.3. The van der Waals surface area contributed by atoms with Crippen LogP contribution in [0.15, 0.2) is 0 Å². The van der Waals surface area contributed by atoms with Gasteiger partial charge in [-0.3, -0.25) is 4.79 Å². The number of unbranched alkanes of at least 4 members (excludes halogenated alkanes) is 7. The predicted octanol–water partition coefficient (Wildman–Crippen LogP) is 9.70. The second-order valence-electron chi connectivity index (χ2n) is 10.4. The van der Waals surface area contributed by atoms with Gasteiger partial charge in [-0.05, 0) is 25.2 Å². The number of carbonyl (C=O) groups is 1. The van der Waals surface area contributed by atoms with E-state index in [1.54, 1.807) is 0 Å². The maximum absolute atomic E-state index is 12.5. The van der Waals surface area contributed by atoms with Gasteiger partial charge in [0, 0.05) is 0 Å². The van der Waals surface area contributed by atoms with Crippen LogP contribution in [0.25, 0.3) is 0 Å². The molecular formula is C28H54O2. The molecule has 2 heteroatoms. The predicted molar refractivity (Wildman–Crippen MR) is 131 cm³/mol. The van der Waals surface area contributed by atoms with Crippen LogP contribution in [0.2, 0.25) is 0 Å². The average Bonchev–Trinajstić information content (AvgIpc) is 2.76. The largest absolute Gasteiger partial charge is 0.481 e. The quantitative estimate of drug-likeness (QED) is 0.300. The zero-order valence-electron chi connectivity index (χ0n) is 20.7. The van der Waals surface area contributed by atoms with Crippen molar-refractivity contribution in [3.8, 4) is 0 Å². The molecule has 1 atom stereocenters. The minimum absolute atomic E-state index is 0.450. The first-order valence-electron chi connectivity index (χ1n) is 13.9. The third-order valence-corrected chi connectivity index (χ3v) is 7.74. The first-order chi connectivity index (χ1) is 14.6. The van der Waals surface area contributed by atoms with E-state index < -0.39 is 11.4 Å². The van der Waals surface area contributed by atoms with Gasteiger partial charge in [0.2, 0.25) is 0 Å². The Hall–Kier alpha value is -0.530. The fourth-order valence-corrected chi connectivity index (χ4v) is 5.54. The molecule has 2 nitrogen and oxygen atoms in total. The summed E-state index contributed by atoms with van der Waals surface area (Å²) in [5.41, 5.74) is -0.450. The maximum Gasteiger partial charge on any atom is 0.309 e. The van der Waals surface area contributed by atoms with Crippen molar-refractivity contribution >= 4 is 5.97 Å². The standard InChI is InChI=1S/C28H54O2/c1-3-5-6-7-8-13-16-19-22-26(4-2)25-28(27(29)30)23-20-17-14-11-9-10-12-15-18-21-24-28/h26H,3-25H2,1-2H3,(H,29,30). The van der Waals surface area contributed by atoms with Crippen molar-refractivity contribution in [2.45, 2.75) is 162 Å². The normalized spacial score (nSPS) is 19.9. The molecule has 0 aromatic rings. The van der Waals surface area contributed by atoms with Gasteiger partial charge in [-0.25, -0.2) is 0 Å². The SMILES string of the molecule is CCCCCCCCCCC(CC)CC1(C(=O)O)CCCCCCCCCCCC1.